The summed E-state index contributed by atoms with van der Waals surface area (Å²) in [6.45, 7) is 0.437. The normalized spacial score (nSPS) is 10.6. The Kier molecular flexibility index (Phi) is 4.68. The van der Waals surface area contributed by atoms with Gasteiger partial charge in [-0.1, -0.05) is 23.2 Å². The van der Waals surface area contributed by atoms with Gasteiger partial charge in [-0.3, -0.25) is 0 Å². The van der Waals surface area contributed by atoms with Crippen LogP contribution in [0.1, 0.15) is 5.56 Å². The van der Waals surface area contributed by atoms with Crippen LogP contribution in [0.5, 0.6) is 0 Å². The van der Waals surface area contributed by atoms with Crippen molar-refractivity contribution in [3.05, 3.63) is 57.6 Å². The number of hydrogen-bond acceptors (Lipinski definition) is 2. The molecule has 0 heterocycles. The zero-order chi connectivity index (χ0) is 14.7. The van der Waals surface area contributed by atoms with Crippen molar-refractivity contribution in [3.8, 4) is 0 Å². The van der Waals surface area contributed by atoms with E-state index in [4.69, 9.17) is 28.9 Å². The maximum absolute atomic E-state index is 13.0. The topological polar surface area (TPSA) is 38.0 Å². The van der Waals surface area contributed by atoms with Crippen molar-refractivity contribution in [3.63, 3.8) is 0 Å². The van der Waals surface area contributed by atoms with Crippen LogP contribution in [-0.4, -0.2) is 6.54 Å². The third kappa shape index (κ3) is 3.74. The monoisotopic (exact) mass is 316 g/mol. The fourth-order valence-corrected chi connectivity index (χ4v) is 2.49. The van der Waals surface area contributed by atoms with Crippen molar-refractivity contribution in [2.24, 2.45) is 0 Å². The lowest BCUT2D eigenvalue weighted by atomic mass is 10.1. The first-order valence-corrected chi connectivity index (χ1v) is 6.64. The van der Waals surface area contributed by atoms with Gasteiger partial charge in [0.25, 0.3) is 0 Å². The second-order valence-electron chi connectivity index (χ2n) is 4.31. The van der Waals surface area contributed by atoms with Crippen molar-refractivity contribution in [2.75, 3.05) is 17.6 Å². The highest BCUT2D eigenvalue weighted by molar-refractivity contribution is 6.39. The minimum Gasteiger partial charge on any atom is -0.399 e. The SMILES string of the molecule is Nc1cc(Cl)c(NCCc2cc(F)cc(F)c2)c(Cl)c1. The summed E-state index contributed by atoms with van der Waals surface area (Å²) in [7, 11) is 0. The molecule has 0 saturated heterocycles. The van der Waals surface area contributed by atoms with Gasteiger partial charge in [0.1, 0.15) is 11.6 Å². The molecule has 2 rings (SSSR count). The van der Waals surface area contributed by atoms with Crippen LogP contribution in [0.3, 0.4) is 0 Å². The second-order valence-corrected chi connectivity index (χ2v) is 5.13. The lowest BCUT2D eigenvalue weighted by Gasteiger charge is -2.11. The zero-order valence-electron chi connectivity index (χ0n) is 10.4. The number of nitrogens with one attached hydrogen (secondary N) is 1. The molecule has 0 spiro atoms. The summed E-state index contributed by atoms with van der Waals surface area (Å²) in [5.74, 6) is -1.19. The van der Waals surface area contributed by atoms with Gasteiger partial charge < -0.3 is 11.1 Å². The van der Waals surface area contributed by atoms with E-state index in [1.807, 2.05) is 0 Å². The van der Waals surface area contributed by atoms with Gasteiger partial charge in [0, 0.05) is 18.3 Å². The predicted molar refractivity (Wildman–Crippen MR) is 79.4 cm³/mol. The quantitative estimate of drug-likeness (QED) is 0.814. The van der Waals surface area contributed by atoms with Gasteiger partial charge in [0.2, 0.25) is 0 Å². The largest absolute Gasteiger partial charge is 0.399 e. The van der Waals surface area contributed by atoms with Crippen LogP contribution in [0.25, 0.3) is 0 Å². The van der Waals surface area contributed by atoms with E-state index in [1.54, 1.807) is 12.1 Å². The first-order chi connectivity index (χ1) is 9.45. The molecule has 0 aliphatic rings. The summed E-state index contributed by atoms with van der Waals surface area (Å²) in [4.78, 5) is 0. The van der Waals surface area contributed by atoms with Crippen LogP contribution in [0.4, 0.5) is 20.2 Å². The Balaban J connectivity index is 2.03. The molecular weight excluding hydrogens is 305 g/mol. The van der Waals surface area contributed by atoms with Crippen molar-refractivity contribution < 1.29 is 8.78 Å². The molecule has 6 heteroatoms. The zero-order valence-corrected chi connectivity index (χ0v) is 11.9. The van der Waals surface area contributed by atoms with E-state index in [2.05, 4.69) is 5.32 Å². The lowest BCUT2D eigenvalue weighted by Crippen LogP contribution is -2.06. The molecule has 2 aromatic rings. The third-order valence-corrected chi connectivity index (χ3v) is 3.30. The van der Waals surface area contributed by atoms with Crippen molar-refractivity contribution in [2.45, 2.75) is 6.42 Å². The molecule has 0 aromatic heterocycles. The highest BCUT2D eigenvalue weighted by Gasteiger charge is 2.07. The highest BCUT2D eigenvalue weighted by Crippen LogP contribution is 2.32. The molecule has 0 radical (unpaired) electrons. The van der Waals surface area contributed by atoms with E-state index < -0.39 is 11.6 Å². The van der Waals surface area contributed by atoms with Crippen LogP contribution < -0.4 is 11.1 Å². The molecule has 0 atom stereocenters. The van der Waals surface area contributed by atoms with E-state index in [0.29, 0.717) is 39.9 Å². The van der Waals surface area contributed by atoms with E-state index in [0.717, 1.165) is 6.07 Å². The van der Waals surface area contributed by atoms with Crippen LogP contribution in [0, 0.1) is 11.6 Å². The van der Waals surface area contributed by atoms with Gasteiger partial charge in [-0.25, -0.2) is 8.78 Å². The number of hydrogen-bond donors (Lipinski definition) is 2. The van der Waals surface area contributed by atoms with E-state index in [-0.39, 0.29) is 0 Å². The average Bonchev–Trinajstić information content (AvgIpc) is 2.31. The predicted octanol–water partition coefficient (Wildman–Crippen LogP) is 4.51. The molecule has 20 heavy (non-hydrogen) atoms. The maximum Gasteiger partial charge on any atom is 0.126 e. The van der Waals surface area contributed by atoms with Gasteiger partial charge in [0.15, 0.2) is 0 Å². The van der Waals surface area contributed by atoms with Crippen molar-refractivity contribution in [1.29, 1.82) is 0 Å². The Bertz CT molecular complexity index is 589. The number of anilines is 2. The highest BCUT2D eigenvalue weighted by atomic mass is 35.5. The van der Waals surface area contributed by atoms with Gasteiger partial charge >= 0.3 is 0 Å². The standard InChI is InChI=1S/C14H12Cl2F2N2/c15-12-6-11(19)7-13(16)14(12)20-2-1-8-3-9(17)5-10(18)4-8/h3-7,20H,1-2,19H2. The molecular formula is C14H12Cl2F2N2. The van der Waals surface area contributed by atoms with E-state index in [1.165, 1.54) is 12.1 Å². The van der Waals surface area contributed by atoms with E-state index >= 15 is 0 Å². The summed E-state index contributed by atoms with van der Waals surface area (Å²) in [5.41, 5.74) is 7.18. The first kappa shape index (κ1) is 14.9. The Morgan fingerprint density at radius 1 is 0.950 bits per heavy atom. The minimum absolute atomic E-state index is 0.403. The minimum atomic E-state index is -0.594. The fraction of sp³-hybridized carbons (Fsp3) is 0.143. The molecule has 0 aliphatic carbocycles. The molecule has 0 fully saturated rings. The number of nitrogen functional groups attached to an aromatic ring is 1. The summed E-state index contributed by atoms with van der Waals surface area (Å²) in [6.07, 6.45) is 0.436. The van der Waals surface area contributed by atoms with Gasteiger partial charge in [0.05, 0.1) is 15.7 Å². The lowest BCUT2D eigenvalue weighted by molar-refractivity contribution is 0.580. The van der Waals surface area contributed by atoms with Crippen molar-refractivity contribution in [1.82, 2.24) is 0 Å². The third-order valence-electron chi connectivity index (χ3n) is 2.70. The van der Waals surface area contributed by atoms with Crippen LogP contribution in [0.15, 0.2) is 30.3 Å². The molecule has 0 aliphatic heterocycles. The Labute approximate surface area is 125 Å². The second kappa shape index (κ2) is 6.29. The number of rotatable bonds is 4. The van der Waals surface area contributed by atoms with E-state index in [9.17, 15) is 8.78 Å². The summed E-state index contributed by atoms with van der Waals surface area (Å²) >= 11 is 12.0. The average molecular weight is 317 g/mol. The first-order valence-electron chi connectivity index (χ1n) is 5.89. The van der Waals surface area contributed by atoms with Gasteiger partial charge in [-0.05, 0) is 36.2 Å². The molecule has 0 unspecified atom stereocenters. The molecule has 0 amide bonds. The molecule has 0 saturated carbocycles. The van der Waals surface area contributed by atoms with Gasteiger partial charge in [-0.2, -0.15) is 0 Å². The number of benzene rings is 2. The molecule has 2 nitrogen and oxygen atoms in total. The Morgan fingerprint density at radius 2 is 1.50 bits per heavy atom. The van der Waals surface area contributed by atoms with Crippen LogP contribution in [-0.2, 0) is 6.42 Å². The fourth-order valence-electron chi connectivity index (χ4n) is 1.85. The Morgan fingerprint density at radius 3 is 2.05 bits per heavy atom. The van der Waals surface area contributed by atoms with Gasteiger partial charge in [-0.15, -0.1) is 0 Å². The smallest absolute Gasteiger partial charge is 0.126 e. The summed E-state index contributed by atoms with van der Waals surface area (Å²) in [6, 6.07) is 6.58. The maximum atomic E-state index is 13.0. The molecule has 0 bridgehead atoms. The van der Waals surface area contributed by atoms with Crippen molar-refractivity contribution >= 4 is 34.6 Å². The Hall–Kier alpha value is -1.52. The van der Waals surface area contributed by atoms with Crippen LogP contribution in [0.2, 0.25) is 10.0 Å². The molecule has 2 aromatic carbocycles. The molecule has 3 N–H and O–H groups in total. The number of nitrogens with two attached hydrogens (primary N) is 1. The summed E-state index contributed by atoms with van der Waals surface area (Å²) in [5, 5.41) is 3.84. The molecule has 106 valence electrons. The summed E-state index contributed by atoms with van der Waals surface area (Å²) < 4.78 is 26.1. The van der Waals surface area contributed by atoms with Crippen LogP contribution >= 0.6 is 23.2 Å². The number of halogens is 4.